The predicted molar refractivity (Wildman–Crippen MR) is 105 cm³/mol. The van der Waals surface area contributed by atoms with Crippen molar-refractivity contribution in [2.24, 2.45) is 0 Å². The number of fused-ring (bicyclic) bond motifs is 2. The van der Waals surface area contributed by atoms with E-state index in [1.807, 2.05) is 18.2 Å². The summed E-state index contributed by atoms with van der Waals surface area (Å²) in [7, 11) is 0. The smallest absolute Gasteiger partial charge is 0.273 e. The first-order valence-electron chi connectivity index (χ1n) is 9.17. The highest BCUT2D eigenvalue weighted by molar-refractivity contribution is 5.94. The summed E-state index contributed by atoms with van der Waals surface area (Å²) in [6.45, 7) is 2.98. The molecule has 0 bridgehead atoms. The van der Waals surface area contributed by atoms with Gasteiger partial charge in [0.2, 0.25) is 5.91 Å². The standard InChI is InChI=1S/C21H21N3O3/c1-14-10-12-23(18-9-5-4-6-15(14)18)19(25)11-13-24-21(27)17-8-3-2-7-16(17)20(26)22-24/h2-9,14H,10-13H2,1H3,(H,22,26). The Balaban J connectivity index is 1.58. The Kier molecular flexibility index (Phi) is 4.39. The third-order valence-electron chi connectivity index (χ3n) is 5.28. The third-order valence-corrected chi connectivity index (χ3v) is 5.28. The van der Waals surface area contributed by atoms with Crippen molar-refractivity contribution in [3.8, 4) is 0 Å². The van der Waals surface area contributed by atoms with E-state index >= 15 is 0 Å². The van der Waals surface area contributed by atoms with Gasteiger partial charge in [0.25, 0.3) is 11.1 Å². The lowest BCUT2D eigenvalue weighted by Gasteiger charge is -2.33. The van der Waals surface area contributed by atoms with Crippen LogP contribution in [0.1, 0.15) is 31.2 Å². The Morgan fingerprint density at radius 3 is 2.59 bits per heavy atom. The van der Waals surface area contributed by atoms with Crippen molar-refractivity contribution >= 4 is 22.4 Å². The molecule has 1 amide bonds. The topological polar surface area (TPSA) is 75.2 Å². The van der Waals surface area contributed by atoms with Gasteiger partial charge < -0.3 is 4.90 Å². The van der Waals surface area contributed by atoms with Gasteiger partial charge in [-0.15, -0.1) is 0 Å². The number of para-hydroxylation sites is 1. The molecule has 27 heavy (non-hydrogen) atoms. The third kappa shape index (κ3) is 3.07. The maximum absolute atomic E-state index is 12.8. The van der Waals surface area contributed by atoms with Gasteiger partial charge in [-0.05, 0) is 36.1 Å². The van der Waals surface area contributed by atoms with Gasteiger partial charge in [-0.25, -0.2) is 4.68 Å². The molecule has 0 radical (unpaired) electrons. The van der Waals surface area contributed by atoms with Gasteiger partial charge in [-0.3, -0.25) is 19.5 Å². The van der Waals surface area contributed by atoms with Crippen LogP contribution in [0, 0.1) is 0 Å². The molecule has 1 aliphatic heterocycles. The number of anilines is 1. The van der Waals surface area contributed by atoms with E-state index in [0.29, 0.717) is 23.2 Å². The summed E-state index contributed by atoms with van der Waals surface area (Å²) in [5.74, 6) is 0.375. The minimum Gasteiger partial charge on any atom is -0.312 e. The van der Waals surface area contributed by atoms with Crippen LogP contribution in [0.3, 0.4) is 0 Å². The molecule has 1 aromatic heterocycles. The number of aromatic amines is 1. The summed E-state index contributed by atoms with van der Waals surface area (Å²) in [5, 5.41) is 3.31. The van der Waals surface area contributed by atoms with E-state index in [-0.39, 0.29) is 30.0 Å². The normalized spacial score (nSPS) is 16.3. The second kappa shape index (κ2) is 6.87. The summed E-state index contributed by atoms with van der Waals surface area (Å²) >= 11 is 0. The van der Waals surface area contributed by atoms with E-state index in [0.717, 1.165) is 12.1 Å². The van der Waals surface area contributed by atoms with Crippen LogP contribution >= 0.6 is 0 Å². The first-order chi connectivity index (χ1) is 13.1. The van der Waals surface area contributed by atoms with E-state index in [1.165, 1.54) is 10.2 Å². The highest BCUT2D eigenvalue weighted by Gasteiger charge is 2.25. The summed E-state index contributed by atoms with van der Waals surface area (Å²) in [6, 6.07) is 14.7. The Morgan fingerprint density at radius 1 is 1.07 bits per heavy atom. The maximum Gasteiger partial charge on any atom is 0.273 e. The zero-order valence-corrected chi connectivity index (χ0v) is 15.1. The van der Waals surface area contributed by atoms with Crippen molar-refractivity contribution < 1.29 is 4.79 Å². The van der Waals surface area contributed by atoms with E-state index in [4.69, 9.17) is 0 Å². The number of nitrogens with one attached hydrogen (secondary N) is 1. The number of aromatic nitrogens is 2. The summed E-state index contributed by atoms with van der Waals surface area (Å²) in [6.07, 6.45) is 1.06. The highest BCUT2D eigenvalue weighted by atomic mass is 16.2. The molecule has 6 nitrogen and oxygen atoms in total. The maximum atomic E-state index is 12.8. The Hall–Kier alpha value is -3.15. The molecule has 1 N–H and O–H groups in total. The molecule has 2 aromatic carbocycles. The number of benzene rings is 2. The fourth-order valence-corrected chi connectivity index (χ4v) is 3.75. The fourth-order valence-electron chi connectivity index (χ4n) is 3.75. The Morgan fingerprint density at radius 2 is 1.78 bits per heavy atom. The van der Waals surface area contributed by atoms with Gasteiger partial charge >= 0.3 is 0 Å². The molecule has 0 aliphatic carbocycles. The van der Waals surface area contributed by atoms with E-state index in [9.17, 15) is 14.4 Å². The van der Waals surface area contributed by atoms with Crippen LogP contribution in [0.25, 0.3) is 10.8 Å². The zero-order chi connectivity index (χ0) is 19.0. The molecular weight excluding hydrogens is 342 g/mol. The first-order valence-corrected chi connectivity index (χ1v) is 9.17. The first kappa shape index (κ1) is 17.3. The molecule has 3 aromatic rings. The molecule has 0 spiro atoms. The van der Waals surface area contributed by atoms with Crippen molar-refractivity contribution in [3.63, 3.8) is 0 Å². The number of aryl methyl sites for hydroxylation is 1. The average Bonchev–Trinajstić information content (AvgIpc) is 2.70. The number of rotatable bonds is 3. The molecule has 6 heteroatoms. The lowest BCUT2D eigenvalue weighted by atomic mass is 9.91. The van der Waals surface area contributed by atoms with E-state index in [1.54, 1.807) is 29.2 Å². The van der Waals surface area contributed by atoms with Crippen molar-refractivity contribution in [3.05, 3.63) is 74.8 Å². The average molecular weight is 363 g/mol. The zero-order valence-electron chi connectivity index (χ0n) is 15.1. The van der Waals surface area contributed by atoms with E-state index in [2.05, 4.69) is 18.1 Å². The Bertz CT molecular complexity index is 1130. The molecule has 4 rings (SSSR count). The van der Waals surface area contributed by atoms with Gasteiger partial charge in [0.05, 0.1) is 17.3 Å². The highest BCUT2D eigenvalue weighted by Crippen LogP contribution is 2.34. The van der Waals surface area contributed by atoms with Crippen LogP contribution in [-0.4, -0.2) is 22.2 Å². The second-order valence-corrected chi connectivity index (χ2v) is 6.99. The number of hydrogen-bond acceptors (Lipinski definition) is 3. The van der Waals surface area contributed by atoms with Gasteiger partial charge in [0, 0.05) is 18.7 Å². The molecule has 1 aliphatic rings. The van der Waals surface area contributed by atoms with Crippen molar-refractivity contribution in [1.82, 2.24) is 9.78 Å². The summed E-state index contributed by atoms with van der Waals surface area (Å²) in [5.41, 5.74) is 1.51. The molecule has 138 valence electrons. The number of carbonyl (C=O) groups excluding carboxylic acids is 1. The van der Waals surface area contributed by atoms with Crippen molar-refractivity contribution in [2.45, 2.75) is 32.2 Å². The number of carbonyl (C=O) groups is 1. The molecule has 1 atom stereocenters. The molecule has 0 saturated carbocycles. The van der Waals surface area contributed by atoms with Crippen LogP contribution in [0.4, 0.5) is 5.69 Å². The molecule has 0 fully saturated rings. The number of amides is 1. The van der Waals surface area contributed by atoms with Crippen molar-refractivity contribution in [2.75, 3.05) is 11.4 Å². The SMILES string of the molecule is CC1CCN(C(=O)CCn2[nH]c(=O)c3ccccc3c2=O)c2ccccc21. The number of H-pyrrole nitrogens is 1. The van der Waals surface area contributed by atoms with Crippen LogP contribution in [-0.2, 0) is 11.3 Å². The van der Waals surface area contributed by atoms with Gasteiger partial charge in [-0.1, -0.05) is 37.3 Å². The van der Waals surface area contributed by atoms with Crippen molar-refractivity contribution in [1.29, 1.82) is 0 Å². The number of nitrogens with zero attached hydrogens (tertiary/aromatic N) is 2. The quantitative estimate of drug-likeness (QED) is 0.777. The van der Waals surface area contributed by atoms with Gasteiger partial charge in [0.1, 0.15) is 0 Å². The van der Waals surface area contributed by atoms with E-state index < -0.39 is 0 Å². The molecule has 0 saturated heterocycles. The van der Waals surface area contributed by atoms with Crippen LogP contribution in [0.15, 0.2) is 58.1 Å². The van der Waals surface area contributed by atoms with Crippen LogP contribution in [0.5, 0.6) is 0 Å². The van der Waals surface area contributed by atoms with Gasteiger partial charge in [0.15, 0.2) is 0 Å². The second-order valence-electron chi connectivity index (χ2n) is 6.99. The van der Waals surface area contributed by atoms with Gasteiger partial charge in [-0.2, -0.15) is 0 Å². The predicted octanol–water partition coefficient (Wildman–Crippen LogP) is 2.62. The summed E-state index contributed by atoms with van der Waals surface area (Å²) in [4.78, 5) is 39.4. The molecule has 2 heterocycles. The monoisotopic (exact) mass is 363 g/mol. The minimum atomic E-state index is -0.324. The van der Waals surface area contributed by atoms with Crippen LogP contribution in [0.2, 0.25) is 0 Å². The van der Waals surface area contributed by atoms with Crippen LogP contribution < -0.4 is 16.0 Å². The number of hydrogen-bond donors (Lipinski definition) is 1. The lowest BCUT2D eigenvalue weighted by molar-refractivity contribution is -0.119. The Labute approximate surface area is 156 Å². The molecule has 1 unspecified atom stereocenters. The minimum absolute atomic E-state index is 0.0461. The summed E-state index contributed by atoms with van der Waals surface area (Å²) < 4.78 is 1.24. The fraction of sp³-hybridized carbons (Fsp3) is 0.286. The molecular formula is C21H21N3O3. The largest absolute Gasteiger partial charge is 0.312 e. The lowest BCUT2D eigenvalue weighted by Crippen LogP contribution is -2.38.